The molecule has 0 bridgehead atoms. The Balaban J connectivity index is 1.24. The maximum atomic E-state index is 13.7. The topological polar surface area (TPSA) is 127 Å². The van der Waals surface area contributed by atoms with Crippen LogP contribution in [0.5, 0.6) is 23.0 Å². The lowest BCUT2D eigenvalue weighted by Crippen LogP contribution is -2.27. The van der Waals surface area contributed by atoms with E-state index in [0.717, 1.165) is 16.5 Å². The number of carbonyl (C=O) groups excluding carboxylic acids is 1. The largest absolute Gasteiger partial charge is 0.493 e. The number of rotatable bonds is 10. The standard InChI is InChI=1S/C36H35N3O7S/c1-23-4-6-25(7-5-23)29-21-39(20-24-11-14-47(42,43)15-12-24)22-30(36(29)41)32(40)16-26-8-9-27(19-38-26)46-33-10-13-37-31-18-35(45-3)34(44-2)17-28(31)33/h4-10,13,17-19,21-22,24H,11-12,14-16,20H2,1-3H3. The Hall–Kier alpha value is -5.03. The number of nitrogens with zero attached hydrogens (tertiary/aromatic N) is 3. The van der Waals surface area contributed by atoms with Crippen molar-refractivity contribution in [2.24, 2.45) is 5.92 Å². The first-order valence-electron chi connectivity index (χ1n) is 15.3. The molecule has 0 aliphatic carbocycles. The number of ether oxygens (including phenoxy) is 3. The minimum absolute atomic E-state index is 0.0706. The van der Waals surface area contributed by atoms with Gasteiger partial charge in [0.15, 0.2) is 22.7 Å². The molecule has 0 unspecified atom stereocenters. The van der Waals surface area contributed by atoms with Gasteiger partial charge in [-0.15, -0.1) is 0 Å². The van der Waals surface area contributed by atoms with Crippen molar-refractivity contribution in [3.63, 3.8) is 0 Å². The molecule has 4 heterocycles. The number of pyridine rings is 3. The molecular weight excluding hydrogens is 618 g/mol. The third-order valence-corrected chi connectivity index (χ3v) is 10.2. The van der Waals surface area contributed by atoms with Gasteiger partial charge in [0.2, 0.25) is 0 Å². The Bertz CT molecular complexity index is 2090. The van der Waals surface area contributed by atoms with E-state index in [9.17, 15) is 18.0 Å². The fraction of sp³-hybridized carbons (Fsp3) is 0.278. The number of aromatic nitrogens is 3. The highest BCUT2D eigenvalue weighted by atomic mass is 32.2. The zero-order valence-corrected chi connectivity index (χ0v) is 27.2. The molecule has 6 rings (SSSR count). The lowest BCUT2D eigenvalue weighted by atomic mass is 9.99. The van der Waals surface area contributed by atoms with Crippen molar-refractivity contribution in [3.05, 3.63) is 106 Å². The molecule has 0 radical (unpaired) electrons. The van der Waals surface area contributed by atoms with Gasteiger partial charge < -0.3 is 18.8 Å². The zero-order chi connectivity index (χ0) is 33.1. The molecule has 1 aliphatic rings. The Morgan fingerprint density at radius 2 is 1.64 bits per heavy atom. The number of aryl methyl sites for hydroxylation is 1. The van der Waals surface area contributed by atoms with Crippen LogP contribution in [-0.2, 0) is 22.8 Å². The van der Waals surface area contributed by atoms with Gasteiger partial charge in [-0.05, 0) is 55.5 Å². The van der Waals surface area contributed by atoms with E-state index >= 15 is 0 Å². The molecule has 10 nitrogen and oxygen atoms in total. The summed E-state index contributed by atoms with van der Waals surface area (Å²) in [5, 5.41) is 0.726. The second-order valence-electron chi connectivity index (χ2n) is 11.8. The maximum absolute atomic E-state index is 13.7. The normalized spacial score (nSPS) is 14.5. The average molecular weight is 654 g/mol. The van der Waals surface area contributed by atoms with E-state index in [0.29, 0.717) is 59.2 Å². The smallest absolute Gasteiger partial charge is 0.200 e. The van der Waals surface area contributed by atoms with E-state index in [1.807, 2.05) is 35.8 Å². The van der Waals surface area contributed by atoms with Gasteiger partial charge >= 0.3 is 0 Å². The minimum atomic E-state index is -3.00. The van der Waals surface area contributed by atoms with E-state index < -0.39 is 9.84 Å². The van der Waals surface area contributed by atoms with Crippen molar-refractivity contribution in [1.82, 2.24) is 14.5 Å². The zero-order valence-electron chi connectivity index (χ0n) is 26.4. The molecule has 5 aromatic rings. The van der Waals surface area contributed by atoms with Crippen molar-refractivity contribution in [2.45, 2.75) is 32.7 Å². The first kappa shape index (κ1) is 31.9. The molecule has 0 amide bonds. The van der Waals surface area contributed by atoms with Gasteiger partial charge in [0.05, 0.1) is 49.4 Å². The lowest BCUT2D eigenvalue weighted by Gasteiger charge is -2.23. The summed E-state index contributed by atoms with van der Waals surface area (Å²) in [5.41, 5.74) is 3.07. The van der Waals surface area contributed by atoms with Gasteiger partial charge in [0.25, 0.3) is 0 Å². The molecule has 0 spiro atoms. The van der Waals surface area contributed by atoms with Gasteiger partial charge in [0, 0.05) is 47.8 Å². The summed E-state index contributed by atoms with van der Waals surface area (Å²) in [6.07, 6.45) is 7.56. The summed E-state index contributed by atoms with van der Waals surface area (Å²) in [6.45, 7) is 2.48. The van der Waals surface area contributed by atoms with Crippen LogP contribution in [0.4, 0.5) is 0 Å². The summed E-state index contributed by atoms with van der Waals surface area (Å²) in [7, 11) is 0.117. The molecule has 2 aromatic carbocycles. The molecule has 0 atom stereocenters. The first-order chi connectivity index (χ1) is 22.6. The van der Waals surface area contributed by atoms with E-state index in [-0.39, 0.29) is 40.6 Å². The Morgan fingerprint density at radius 3 is 2.32 bits per heavy atom. The second kappa shape index (κ2) is 13.4. The minimum Gasteiger partial charge on any atom is -0.493 e. The van der Waals surface area contributed by atoms with Crippen molar-refractivity contribution in [1.29, 1.82) is 0 Å². The van der Waals surface area contributed by atoms with Crippen molar-refractivity contribution in [3.8, 4) is 34.1 Å². The number of Topliss-reactive ketones (excluding diaryl/α,β-unsaturated/α-hetero) is 1. The number of hydrogen-bond donors (Lipinski definition) is 0. The summed E-state index contributed by atoms with van der Waals surface area (Å²) >= 11 is 0. The molecule has 1 saturated heterocycles. The van der Waals surface area contributed by atoms with E-state index in [1.54, 1.807) is 63.1 Å². The van der Waals surface area contributed by atoms with Crippen LogP contribution in [-0.4, -0.2) is 54.5 Å². The SMILES string of the molecule is COc1cc2nccc(Oc3ccc(CC(=O)c4cn(CC5CCS(=O)(=O)CC5)cc(-c5ccc(C)cc5)c4=O)nc3)c2cc1OC. The van der Waals surface area contributed by atoms with Crippen molar-refractivity contribution in [2.75, 3.05) is 25.7 Å². The van der Waals surface area contributed by atoms with Crippen LogP contribution in [0.3, 0.4) is 0 Å². The average Bonchev–Trinajstić information content (AvgIpc) is 3.07. The van der Waals surface area contributed by atoms with Crippen LogP contribution < -0.4 is 19.6 Å². The highest BCUT2D eigenvalue weighted by Gasteiger charge is 2.25. The van der Waals surface area contributed by atoms with Crippen LogP contribution in [0.15, 0.2) is 84.2 Å². The Kier molecular flexibility index (Phi) is 9.08. The van der Waals surface area contributed by atoms with E-state index in [4.69, 9.17) is 14.2 Å². The Labute approximate surface area is 272 Å². The molecule has 11 heteroatoms. The number of sulfone groups is 1. The summed E-state index contributed by atoms with van der Waals surface area (Å²) in [5.74, 6) is 2.19. The van der Waals surface area contributed by atoms with Crippen LogP contribution in [0.25, 0.3) is 22.0 Å². The molecule has 1 fully saturated rings. The van der Waals surface area contributed by atoms with Gasteiger partial charge in [0.1, 0.15) is 21.3 Å². The number of carbonyl (C=O) groups is 1. The van der Waals surface area contributed by atoms with Gasteiger partial charge in [-0.1, -0.05) is 29.8 Å². The number of hydrogen-bond acceptors (Lipinski definition) is 9. The molecular formula is C36H35N3O7S. The molecule has 47 heavy (non-hydrogen) atoms. The predicted octanol–water partition coefficient (Wildman–Crippen LogP) is 5.83. The summed E-state index contributed by atoms with van der Waals surface area (Å²) in [4.78, 5) is 36.2. The van der Waals surface area contributed by atoms with Crippen LogP contribution >= 0.6 is 0 Å². The number of fused-ring (bicyclic) bond motifs is 1. The van der Waals surface area contributed by atoms with Crippen molar-refractivity contribution >= 4 is 26.5 Å². The maximum Gasteiger partial charge on any atom is 0.200 e. The van der Waals surface area contributed by atoms with E-state index in [2.05, 4.69) is 9.97 Å². The highest BCUT2D eigenvalue weighted by molar-refractivity contribution is 7.91. The highest BCUT2D eigenvalue weighted by Crippen LogP contribution is 2.36. The van der Waals surface area contributed by atoms with Gasteiger partial charge in [-0.3, -0.25) is 19.6 Å². The third kappa shape index (κ3) is 7.20. The molecule has 0 saturated carbocycles. The monoisotopic (exact) mass is 653 g/mol. The fourth-order valence-electron chi connectivity index (χ4n) is 5.79. The molecule has 1 aliphatic heterocycles. The second-order valence-corrected chi connectivity index (χ2v) is 14.1. The fourth-order valence-corrected chi connectivity index (χ4v) is 7.38. The van der Waals surface area contributed by atoms with Crippen LogP contribution in [0.2, 0.25) is 0 Å². The molecule has 242 valence electrons. The summed E-state index contributed by atoms with van der Waals surface area (Å²) in [6, 6.07) is 16.3. The van der Waals surface area contributed by atoms with Crippen LogP contribution in [0, 0.1) is 12.8 Å². The first-order valence-corrected chi connectivity index (χ1v) is 17.1. The van der Waals surface area contributed by atoms with Gasteiger partial charge in [-0.25, -0.2) is 8.42 Å². The lowest BCUT2D eigenvalue weighted by molar-refractivity contribution is 0.0990. The Morgan fingerprint density at radius 1 is 0.915 bits per heavy atom. The van der Waals surface area contributed by atoms with Crippen molar-refractivity contribution < 1.29 is 27.4 Å². The molecule has 3 aromatic heterocycles. The quantitative estimate of drug-likeness (QED) is 0.171. The number of ketones is 1. The summed E-state index contributed by atoms with van der Waals surface area (Å²) < 4.78 is 42.7. The third-order valence-electron chi connectivity index (χ3n) is 8.46. The van der Waals surface area contributed by atoms with Gasteiger partial charge in [-0.2, -0.15) is 0 Å². The predicted molar refractivity (Wildman–Crippen MR) is 179 cm³/mol. The number of benzene rings is 2. The van der Waals surface area contributed by atoms with E-state index in [1.165, 1.54) is 6.20 Å². The number of methoxy groups -OCH3 is 2. The van der Waals surface area contributed by atoms with Crippen LogP contribution in [0.1, 0.15) is 34.5 Å². The molecule has 0 N–H and O–H groups in total.